The summed E-state index contributed by atoms with van der Waals surface area (Å²) in [6.45, 7) is 0. The molecule has 0 aromatic heterocycles. The van der Waals surface area contributed by atoms with Crippen LogP contribution >= 0.6 is 11.6 Å². The molecule has 0 saturated heterocycles. The summed E-state index contributed by atoms with van der Waals surface area (Å²) < 4.78 is 15.3. The van der Waals surface area contributed by atoms with Crippen LogP contribution in [0.4, 0.5) is 0 Å². The Kier molecular flexibility index (Phi) is 4.63. The first kappa shape index (κ1) is 14.4. The minimum Gasteiger partial charge on any atom is -0.495 e. The lowest BCUT2D eigenvalue weighted by Gasteiger charge is -2.19. The Morgan fingerprint density at radius 3 is 2.22 bits per heavy atom. The van der Waals surface area contributed by atoms with Crippen LogP contribution in [0.25, 0.3) is 0 Å². The first-order chi connectivity index (χ1) is 8.47. The summed E-state index contributed by atoms with van der Waals surface area (Å²) in [6.07, 6.45) is 0. The number of aliphatic carboxylic acids is 1. The highest BCUT2D eigenvalue weighted by Gasteiger charge is 2.28. The fraction of sp³-hybridized carbons (Fsp3) is 0.364. The second-order valence-electron chi connectivity index (χ2n) is 3.36. The summed E-state index contributed by atoms with van der Waals surface area (Å²) in [4.78, 5) is 11.0. The molecule has 0 fully saturated rings. The van der Waals surface area contributed by atoms with Gasteiger partial charge < -0.3 is 25.1 Å². The molecule has 0 radical (unpaired) electrons. The second-order valence-corrected chi connectivity index (χ2v) is 3.76. The van der Waals surface area contributed by atoms with Gasteiger partial charge in [0.1, 0.15) is 11.8 Å². The predicted molar refractivity (Wildman–Crippen MR) is 65.7 cm³/mol. The molecule has 3 N–H and O–H groups in total. The van der Waals surface area contributed by atoms with Gasteiger partial charge in [-0.1, -0.05) is 11.6 Å². The fourth-order valence-corrected chi connectivity index (χ4v) is 1.86. The molecule has 0 amide bonds. The van der Waals surface area contributed by atoms with E-state index in [0.717, 1.165) is 0 Å². The molecule has 1 rings (SSSR count). The van der Waals surface area contributed by atoms with Gasteiger partial charge in [-0.05, 0) is 0 Å². The van der Waals surface area contributed by atoms with Crippen molar-refractivity contribution >= 4 is 17.6 Å². The van der Waals surface area contributed by atoms with Gasteiger partial charge >= 0.3 is 5.97 Å². The Labute approximate surface area is 109 Å². The fourth-order valence-electron chi connectivity index (χ4n) is 1.59. The minimum absolute atomic E-state index is 0.136. The van der Waals surface area contributed by atoms with Crippen molar-refractivity contribution < 1.29 is 24.1 Å². The van der Waals surface area contributed by atoms with Crippen molar-refractivity contribution in [3.05, 3.63) is 16.7 Å². The molecular weight excluding hydrogens is 262 g/mol. The van der Waals surface area contributed by atoms with Crippen LogP contribution in [-0.2, 0) is 4.79 Å². The van der Waals surface area contributed by atoms with E-state index in [1.54, 1.807) is 0 Å². The molecule has 0 bridgehead atoms. The predicted octanol–water partition coefficient (Wildman–Crippen LogP) is 1.45. The van der Waals surface area contributed by atoms with E-state index in [-0.39, 0.29) is 27.8 Å². The van der Waals surface area contributed by atoms with Crippen molar-refractivity contribution in [3.8, 4) is 17.2 Å². The zero-order valence-corrected chi connectivity index (χ0v) is 10.9. The average Bonchev–Trinajstić information content (AvgIpc) is 2.36. The number of carbonyl (C=O) groups is 1. The number of rotatable bonds is 5. The van der Waals surface area contributed by atoms with E-state index < -0.39 is 12.0 Å². The van der Waals surface area contributed by atoms with Crippen LogP contribution < -0.4 is 19.9 Å². The average molecular weight is 276 g/mol. The zero-order valence-electron chi connectivity index (χ0n) is 10.2. The topological polar surface area (TPSA) is 91.0 Å². The van der Waals surface area contributed by atoms with Crippen LogP contribution in [0.1, 0.15) is 11.6 Å². The number of halogens is 1. The Bertz CT molecular complexity index is 463. The lowest BCUT2D eigenvalue weighted by Crippen LogP contribution is -2.22. The maximum atomic E-state index is 11.0. The number of carboxylic acids is 1. The van der Waals surface area contributed by atoms with Crippen molar-refractivity contribution in [2.45, 2.75) is 6.04 Å². The highest BCUT2D eigenvalue weighted by molar-refractivity contribution is 6.32. The number of carboxylic acid groups (broad SMARTS) is 1. The SMILES string of the molecule is COc1cc(Cl)c(OC)c(C(N)C(=O)O)c1OC. The number of hydrogen-bond donors (Lipinski definition) is 2. The first-order valence-electron chi connectivity index (χ1n) is 4.94. The van der Waals surface area contributed by atoms with Crippen LogP contribution in [0.15, 0.2) is 6.07 Å². The van der Waals surface area contributed by atoms with Crippen LogP contribution in [0.5, 0.6) is 17.2 Å². The lowest BCUT2D eigenvalue weighted by molar-refractivity contribution is -0.138. The summed E-state index contributed by atoms with van der Waals surface area (Å²) in [5, 5.41) is 9.21. The summed E-state index contributed by atoms with van der Waals surface area (Å²) in [5.74, 6) is -0.594. The van der Waals surface area contributed by atoms with E-state index in [0.29, 0.717) is 0 Å². The molecule has 0 aliphatic heterocycles. The molecule has 0 heterocycles. The summed E-state index contributed by atoms with van der Waals surface area (Å²) in [5.41, 5.74) is 5.75. The number of hydrogen-bond acceptors (Lipinski definition) is 5. The van der Waals surface area contributed by atoms with Gasteiger partial charge in [-0.2, -0.15) is 0 Å². The molecule has 0 spiro atoms. The molecule has 6 nitrogen and oxygen atoms in total. The third-order valence-electron chi connectivity index (χ3n) is 2.39. The van der Waals surface area contributed by atoms with Gasteiger partial charge in [0.25, 0.3) is 0 Å². The van der Waals surface area contributed by atoms with Crippen molar-refractivity contribution in [1.82, 2.24) is 0 Å². The van der Waals surface area contributed by atoms with Crippen molar-refractivity contribution in [3.63, 3.8) is 0 Å². The molecule has 1 atom stereocenters. The van der Waals surface area contributed by atoms with Gasteiger partial charge in [0.15, 0.2) is 11.5 Å². The van der Waals surface area contributed by atoms with Gasteiger partial charge in [0, 0.05) is 6.07 Å². The number of benzene rings is 1. The summed E-state index contributed by atoms with van der Waals surface area (Å²) >= 11 is 5.98. The third kappa shape index (κ3) is 2.44. The van der Waals surface area contributed by atoms with Crippen molar-refractivity contribution in [1.29, 1.82) is 0 Å². The molecule has 1 aromatic rings. The monoisotopic (exact) mass is 275 g/mol. The molecule has 7 heteroatoms. The van der Waals surface area contributed by atoms with Gasteiger partial charge in [-0.3, -0.25) is 4.79 Å². The molecule has 1 unspecified atom stereocenters. The largest absolute Gasteiger partial charge is 0.495 e. The number of methoxy groups -OCH3 is 3. The normalized spacial score (nSPS) is 11.8. The molecule has 1 aromatic carbocycles. The van der Waals surface area contributed by atoms with Crippen LogP contribution in [0.3, 0.4) is 0 Å². The van der Waals surface area contributed by atoms with E-state index in [2.05, 4.69) is 0 Å². The van der Waals surface area contributed by atoms with Crippen molar-refractivity contribution in [2.75, 3.05) is 21.3 Å². The zero-order chi connectivity index (χ0) is 13.9. The molecule has 100 valence electrons. The maximum Gasteiger partial charge on any atom is 0.325 e. The smallest absolute Gasteiger partial charge is 0.325 e. The lowest BCUT2D eigenvalue weighted by atomic mass is 10.0. The molecule has 0 saturated carbocycles. The maximum absolute atomic E-state index is 11.0. The summed E-state index contributed by atoms with van der Waals surface area (Å²) in [6, 6.07) is 0.139. The summed E-state index contributed by atoms with van der Waals surface area (Å²) in [7, 11) is 4.16. The Morgan fingerprint density at radius 2 is 1.83 bits per heavy atom. The Hall–Kier alpha value is -1.66. The van der Waals surface area contributed by atoms with Gasteiger partial charge in [-0.15, -0.1) is 0 Å². The van der Waals surface area contributed by atoms with Crippen molar-refractivity contribution in [2.24, 2.45) is 5.73 Å². The number of nitrogens with two attached hydrogens (primary N) is 1. The van der Waals surface area contributed by atoms with E-state index in [1.165, 1.54) is 27.4 Å². The van der Waals surface area contributed by atoms with Crippen LogP contribution in [0, 0.1) is 0 Å². The second kappa shape index (κ2) is 5.79. The Morgan fingerprint density at radius 1 is 1.28 bits per heavy atom. The first-order valence-corrected chi connectivity index (χ1v) is 5.32. The standard InChI is InChI=1S/C11H14ClNO5/c1-16-6-4-5(12)9(17-2)7(10(6)18-3)8(13)11(14)15/h4,8H,13H2,1-3H3,(H,14,15). The quantitative estimate of drug-likeness (QED) is 0.845. The Balaban J connectivity index is 3.60. The highest BCUT2D eigenvalue weighted by Crippen LogP contribution is 2.45. The van der Waals surface area contributed by atoms with E-state index >= 15 is 0 Å². The van der Waals surface area contributed by atoms with Gasteiger partial charge in [-0.25, -0.2) is 0 Å². The van der Waals surface area contributed by atoms with Crippen LogP contribution in [0.2, 0.25) is 5.02 Å². The molecule has 0 aliphatic rings. The molecular formula is C11H14ClNO5. The minimum atomic E-state index is -1.33. The van der Waals surface area contributed by atoms with Gasteiger partial charge in [0.05, 0.1) is 31.9 Å². The molecule has 0 aliphatic carbocycles. The van der Waals surface area contributed by atoms with Crippen LogP contribution in [-0.4, -0.2) is 32.4 Å². The highest BCUT2D eigenvalue weighted by atomic mass is 35.5. The van der Waals surface area contributed by atoms with E-state index in [4.69, 9.17) is 36.7 Å². The molecule has 18 heavy (non-hydrogen) atoms. The van der Waals surface area contributed by atoms with E-state index in [9.17, 15) is 4.79 Å². The van der Waals surface area contributed by atoms with E-state index in [1.807, 2.05) is 0 Å². The third-order valence-corrected chi connectivity index (χ3v) is 2.67. The number of ether oxygens (including phenoxy) is 3. The van der Waals surface area contributed by atoms with Gasteiger partial charge in [0.2, 0.25) is 0 Å².